The molecule has 1 aromatic carbocycles. The van der Waals surface area contributed by atoms with Crippen LogP contribution >= 0.6 is 15.2 Å². The van der Waals surface area contributed by atoms with E-state index in [4.69, 9.17) is 4.74 Å². The summed E-state index contributed by atoms with van der Waals surface area (Å²) in [5.41, 5.74) is 2.20. The molecule has 1 saturated heterocycles. The first-order chi connectivity index (χ1) is 11.6. The number of benzene rings is 1. The average molecular weight is 481 g/mol. The van der Waals surface area contributed by atoms with E-state index < -0.39 is 27.5 Å². The topological polar surface area (TPSA) is 139 Å². The van der Waals surface area contributed by atoms with Crippen molar-refractivity contribution in [1.82, 2.24) is 4.90 Å². The zero-order chi connectivity index (χ0) is 18.5. The van der Waals surface area contributed by atoms with Gasteiger partial charge in [-0.3, -0.25) is 4.90 Å². The summed E-state index contributed by atoms with van der Waals surface area (Å²) >= 11 is 0. The zero-order valence-corrected chi connectivity index (χ0v) is 27.6. The number of aryl methyl sites for hydroxylation is 2. The van der Waals surface area contributed by atoms with Gasteiger partial charge in [0.1, 0.15) is 0 Å². The van der Waals surface area contributed by atoms with Crippen molar-refractivity contribution in [1.29, 1.82) is 0 Å². The van der Waals surface area contributed by atoms with E-state index in [-0.39, 0.29) is 131 Å². The third kappa shape index (κ3) is 17.5. The molecule has 14 heteroatoms. The van der Waals surface area contributed by atoms with Gasteiger partial charge in [-0.1, -0.05) is 33.4 Å². The van der Waals surface area contributed by atoms with Gasteiger partial charge in [-0.25, -0.2) is 0 Å². The number of rotatable bonds is 8. The average Bonchev–Trinajstić information content (AvgIpc) is 2.51. The Bertz CT molecular complexity index is 636. The van der Waals surface area contributed by atoms with Crippen LogP contribution < -0.4 is 138 Å². The van der Waals surface area contributed by atoms with Crippen LogP contribution in [0.4, 0.5) is 0 Å². The Morgan fingerprint density at radius 1 is 0.759 bits per heavy atom. The van der Waals surface area contributed by atoms with E-state index in [1.807, 2.05) is 12.1 Å². The molecule has 1 aliphatic rings. The first kappa shape index (κ1) is 37.0. The summed E-state index contributed by atoms with van der Waals surface area (Å²) in [5.74, 6) is 0. The van der Waals surface area contributed by atoms with Crippen molar-refractivity contribution < 1.29 is 152 Å². The Labute approximate surface area is 260 Å². The molecule has 0 N–H and O–H groups in total. The number of morpholine rings is 1. The fraction of sp³-hybridized carbons (Fsp3) is 0.600. The van der Waals surface area contributed by atoms with Gasteiger partial charge >= 0.3 is 118 Å². The smallest absolute Gasteiger partial charge is 0.811 e. The molecule has 29 heavy (non-hydrogen) atoms. The molecule has 1 aliphatic heterocycles. The molecule has 0 amide bonds. The van der Waals surface area contributed by atoms with Crippen LogP contribution in [0.3, 0.4) is 0 Å². The molecule has 2 rings (SSSR count). The molecule has 0 aliphatic carbocycles. The number of hydrogen-bond acceptors (Lipinski definition) is 8. The van der Waals surface area contributed by atoms with Gasteiger partial charge in [0.05, 0.1) is 13.2 Å². The van der Waals surface area contributed by atoms with Crippen LogP contribution in [0.2, 0.25) is 0 Å². The van der Waals surface area contributed by atoms with Crippen molar-refractivity contribution in [3.05, 3.63) is 34.9 Å². The van der Waals surface area contributed by atoms with Crippen molar-refractivity contribution in [3.8, 4) is 0 Å². The summed E-state index contributed by atoms with van der Waals surface area (Å²) in [6, 6.07) is 5.30. The molecule has 0 saturated carbocycles. The Balaban J connectivity index is -0.00000169. The predicted molar refractivity (Wildman–Crippen MR) is 84.9 cm³/mol. The molecular weight excluding hydrogens is 460 g/mol. The minimum absolute atomic E-state index is 0. The van der Waals surface area contributed by atoms with E-state index >= 15 is 0 Å². The molecule has 0 radical (unpaired) electrons. The summed E-state index contributed by atoms with van der Waals surface area (Å²) in [6.07, 6.45) is -0.842. The Kier molecular flexibility index (Phi) is 22.7. The molecule has 0 atom stereocenters. The van der Waals surface area contributed by atoms with E-state index in [9.17, 15) is 28.7 Å². The van der Waals surface area contributed by atoms with Crippen molar-refractivity contribution >= 4 is 15.2 Å². The minimum atomic E-state index is -4.61. The van der Waals surface area contributed by atoms with Crippen LogP contribution in [0, 0.1) is 0 Å². The monoisotopic (exact) mass is 481 g/mol. The minimum Gasteiger partial charge on any atom is -0.811 e. The normalized spacial score (nSPS) is 14.6. The first-order valence-electron chi connectivity index (χ1n) is 8.05. The maximum atomic E-state index is 10.9. The number of ether oxygens (including phenoxy) is 1. The van der Waals surface area contributed by atoms with Gasteiger partial charge in [0.25, 0.3) is 0 Å². The second-order valence-electron chi connectivity index (χ2n) is 6.22. The van der Waals surface area contributed by atoms with Crippen LogP contribution in [-0.2, 0) is 33.3 Å². The standard InChI is InChI=1S/C15H25NO7P2.4Na/c17-24(18,19)7-1-13-9-14(2-8-25(20,21)22)11-15(10-13)12-16-3-5-23-6-4-16;;;;/h9-11H,1-8,12H2,(H2,17,18,19)(H2,20,21,22);;;;/q;4*+1/p-4. The summed E-state index contributed by atoms with van der Waals surface area (Å²) in [7, 11) is -9.22. The van der Waals surface area contributed by atoms with Crippen LogP contribution in [0.15, 0.2) is 18.2 Å². The summed E-state index contributed by atoms with van der Waals surface area (Å²) in [5, 5.41) is 0. The Morgan fingerprint density at radius 2 is 1.14 bits per heavy atom. The molecule has 0 unspecified atom stereocenters. The number of nitrogens with zero attached hydrogens (tertiary/aromatic N) is 1. The third-order valence-corrected chi connectivity index (χ3v) is 5.51. The van der Waals surface area contributed by atoms with Crippen LogP contribution in [-0.4, -0.2) is 43.5 Å². The van der Waals surface area contributed by atoms with Crippen LogP contribution in [0.1, 0.15) is 16.7 Å². The maximum Gasteiger partial charge on any atom is 1.00 e. The Morgan fingerprint density at radius 3 is 1.52 bits per heavy atom. The van der Waals surface area contributed by atoms with E-state index in [0.717, 1.165) is 18.7 Å². The molecule has 0 aromatic heterocycles. The van der Waals surface area contributed by atoms with Crippen LogP contribution in [0.5, 0.6) is 0 Å². The molecule has 1 heterocycles. The quantitative estimate of drug-likeness (QED) is 0.264. The van der Waals surface area contributed by atoms with Gasteiger partial charge < -0.3 is 33.4 Å². The molecule has 0 bridgehead atoms. The molecular formula is C15H21NNa4O7P2. The van der Waals surface area contributed by atoms with E-state index in [2.05, 4.69) is 4.90 Å². The molecule has 0 spiro atoms. The summed E-state index contributed by atoms with van der Waals surface area (Å²) in [6.45, 7) is 3.43. The van der Waals surface area contributed by atoms with Gasteiger partial charge in [-0.05, 0) is 41.9 Å². The number of hydrogen-bond donors (Lipinski definition) is 0. The van der Waals surface area contributed by atoms with Gasteiger partial charge in [0.2, 0.25) is 0 Å². The molecule has 142 valence electrons. The second kappa shape index (κ2) is 17.8. The van der Waals surface area contributed by atoms with Crippen molar-refractivity contribution in [2.24, 2.45) is 0 Å². The SMILES string of the molecule is O=P([O-])([O-])CCc1cc(CCP(=O)([O-])[O-])cc(CN2CCOCC2)c1.[Na+].[Na+].[Na+].[Na+]. The van der Waals surface area contributed by atoms with Gasteiger partial charge in [0, 0.05) is 19.6 Å². The largest absolute Gasteiger partial charge is 1.00 e. The fourth-order valence-corrected chi connectivity index (χ4v) is 3.83. The van der Waals surface area contributed by atoms with Gasteiger partial charge in [0.15, 0.2) is 0 Å². The van der Waals surface area contributed by atoms with Gasteiger partial charge in [-0.15, -0.1) is 0 Å². The Hall–Kier alpha value is 3.44. The second-order valence-corrected chi connectivity index (χ2v) is 9.55. The van der Waals surface area contributed by atoms with E-state index in [1.165, 1.54) is 0 Å². The van der Waals surface area contributed by atoms with Crippen LogP contribution in [0.25, 0.3) is 0 Å². The summed E-state index contributed by atoms with van der Waals surface area (Å²) < 4.78 is 27.1. The van der Waals surface area contributed by atoms with E-state index in [1.54, 1.807) is 6.07 Å². The van der Waals surface area contributed by atoms with Crippen molar-refractivity contribution in [3.63, 3.8) is 0 Å². The van der Waals surface area contributed by atoms with E-state index in [0.29, 0.717) is 30.9 Å². The fourth-order valence-electron chi connectivity index (χ4n) is 2.77. The summed E-state index contributed by atoms with van der Waals surface area (Å²) in [4.78, 5) is 45.7. The van der Waals surface area contributed by atoms with Crippen molar-refractivity contribution in [2.75, 3.05) is 38.6 Å². The van der Waals surface area contributed by atoms with Gasteiger partial charge in [-0.2, -0.15) is 0 Å². The predicted octanol–water partition coefficient (Wildman–Crippen LogP) is -13.6. The first-order valence-corrected chi connectivity index (χ1v) is 11.5. The zero-order valence-electron chi connectivity index (χ0n) is 17.8. The maximum absolute atomic E-state index is 10.9. The molecule has 1 aromatic rings. The third-order valence-electron chi connectivity index (χ3n) is 3.97. The molecule has 8 nitrogen and oxygen atoms in total. The molecule has 1 fully saturated rings. The van der Waals surface area contributed by atoms with Crippen molar-refractivity contribution in [2.45, 2.75) is 19.4 Å².